The van der Waals surface area contributed by atoms with Gasteiger partial charge in [0, 0.05) is 25.6 Å². The molecule has 2 heteroatoms. The van der Waals surface area contributed by atoms with Gasteiger partial charge in [-0.15, -0.1) is 0 Å². The van der Waals surface area contributed by atoms with Gasteiger partial charge in [0.25, 0.3) is 0 Å². The maximum absolute atomic E-state index is 6.21. The molecule has 0 radical (unpaired) electrons. The lowest BCUT2D eigenvalue weighted by molar-refractivity contribution is -0.261. The van der Waals surface area contributed by atoms with E-state index >= 15 is 0 Å². The highest BCUT2D eigenvalue weighted by Gasteiger charge is 2.37. The molecule has 1 atom stereocenters. The van der Waals surface area contributed by atoms with Crippen LogP contribution in [-0.2, 0) is 15.9 Å². The molecule has 138 valence electrons. The molecule has 0 aliphatic carbocycles. The molecule has 0 aromatic heterocycles. The van der Waals surface area contributed by atoms with Gasteiger partial charge in [-0.05, 0) is 25.8 Å². The lowest BCUT2D eigenvalue weighted by Gasteiger charge is -2.39. The second-order valence-electron chi connectivity index (χ2n) is 6.80. The fraction of sp³-hybridized carbons (Fsp3) is 0.727. The first-order valence-electron chi connectivity index (χ1n) is 10.00. The summed E-state index contributed by atoms with van der Waals surface area (Å²) in [7, 11) is 0. The third-order valence-electron chi connectivity index (χ3n) is 4.81. The molecule has 0 amide bonds. The minimum absolute atomic E-state index is 0.392. The van der Waals surface area contributed by atoms with Gasteiger partial charge in [0.05, 0.1) is 0 Å². The molecule has 0 spiro atoms. The molecule has 1 unspecified atom stereocenters. The van der Waals surface area contributed by atoms with Crippen molar-refractivity contribution in [2.75, 3.05) is 13.2 Å². The zero-order chi connectivity index (χ0) is 17.7. The second kappa shape index (κ2) is 12.5. The quantitative estimate of drug-likeness (QED) is 0.290. The van der Waals surface area contributed by atoms with E-state index in [0.717, 1.165) is 6.42 Å². The van der Waals surface area contributed by atoms with Crippen LogP contribution in [-0.4, -0.2) is 19.0 Å². The van der Waals surface area contributed by atoms with Gasteiger partial charge < -0.3 is 9.47 Å². The van der Waals surface area contributed by atoms with Crippen LogP contribution in [0.15, 0.2) is 30.3 Å². The zero-order valence-corrected chi connectivity index (χ0v) is 16.4. The number of unbranched alkanes of at least 4 members (excludes halogenated alkanes) is 5. The van der Waals surface area contributed by atoms with Gasteiger partial charge in [-0.25, -0.2) is 0 Å². The van der Waals surface area contributed by atoms with E-state index in [1.807, 2.05) is 0 Å². The van der Waals surface area contributed by atoms with Gasteiger partial charge in [0.1, 0.15) is 0 Å². The van der Waals surface area contributed by atoms with Crippen molar-refractivity contribution in [1.82, 2.24) is 0 Å². The third kappa shape index (κ3) is 7.36. The van der Waals surface area contributed by atoms with Crippen molar-refractivity contribution in [1.29, 1.82) is 0 Å². The third-order valence-corrected chi connectivity index (χ3v) is 4.81. The highest BCUT2D eigenvalue weighted by molar-refractivity contribution is 5.16. The summed E-state index contributed by atoms with van der Waals surface area (Å²) < 4.78 is 12.4. The molecule has 0 aliphatic rings. The Bertz CT molecular complexity index is 396. The van der Waals surface area contributed by atoms with E-state index in [9.17, 15) is 0 Å². The smallest absolute Gasteiger partial charge is 0.174 e. The van der Waals surface area contributed by atoms with Crippen molar-refractivity contribution in [2.24, 2.45) is 5.92 Å². The Kier molecular flexibility index (Phi) is 11.0. The van der Waals surface area contributed by atoms with Crippen LogP contribution in [0.2, 0.25) is 0 Å². The van der Waals surface area contributed by atoms with Gasteiger partial charge >= 0.3 is 0 Å². The Morgan fingerprint density at radius 3 is 2.00 bits per heavy atom. The fourth-order valence-corrected chi connectivity index (χ4v) is 3.42. The summed E-state index contributed by atoms with van der Waals surface area (Å²) in [6.45, 7) is 10.1. The molecule has 0 heterocycles. The van der Waals surface area contributed by atoms with Crippen LogP contribution in [0, 0.1) is 5.92 Å². The van der Waals surface area contributed by atoms with Crippen LogP contribution in [0.25, 0.3) is 0 Å². The highest BCUT2D eigenvalue weighted by atomic mass is 16.7. The van der Waals surface area contributed by atoms with Gasteiger partial charge in [-0.2, -0.15) is 0 Å². The summed E-state index contributed by atoms with van der Waals surface area (Å²) in [5, 5.41) is 0. The maximum atomic E-state index is 6.21. The van der Waals surface area contributed by atoms with E-state index in [1.165, 1.54) is 50.5 Å². The molecule has 0 aliphatic heterocycles. The largest absolute Gasteiger partial charge is 0.350 e. The number of hydrogen-bond donors (Lipinski definition) is 0. The van der Waals surface area contributed by atoms with Gasteiger partial charge in [0.15, 0.2) is 5.79 Å². The molecule has 1 aromatic carbocycles. The van der Waals surface area contributed by atoms with E-state index in [0.29, 0.717) is 19.1 Å². The minimum atomic E-state index is -0.492. The van der Waals surface area contributed by atoms with Crippen molar-refractivity contribution in [3.8, 4) is 0 Å². The van der Waals surface area contributed by atoms with E-state index in [2.05, 4.69) is 58.0 Å². The summed E-state index contributed by atoms with van der Waals surface area (Å²) >= 11 is 0. The van der Waals surface area contributed by atoms with Crippen LogP contribution in [0.4, 0.5) is 0 Å². The summed E-state index contributed by atoms with van der Waals surface area (Å²) in [4.78, 5) is 0. The Morgan fingerprint density at radius 2 is 1.42 bits per heavy atom. The van der Waals surface area contributed by atoms with Crippen molar-refractivity contribution >= 4 is 0 Å². The second-order valence-corrected chi connectivity index (χ2v) is 6.80. The number of rotatable bonds is 14. The SMILES string of the molecule is CCCCCCCCC(C)C(Cc1ccccc1)(OCC)OCC. The Balaban J connectivity index is 2.65. The standard InChI is InChI=1S/C22H38O2/c1-5-8-9-10-11-13-16-20(4)22(23-6-2,24-7-3)19-21-17-14-12-15-18-21/h12,14-15,17-18,20H,5-11,13,16,19H2,1-4H3. The summed E-state index contributed by atoms with van der Waals surface area (Å²) in [6, 6.07) is 10.6. The van der Waals surface area contributed by atoms with Crippen molar-refractivity contribution in [3.63, 3.8) is 0 Å². The average molecular weight is 335 g/mol. The van der Waals surface area contributed by atoms with E-state index in [4.69, 9.17) is 9.47 Å². The molecule has 0 saturated heterocycles. The monoisotopic (exact) mass is 334 g/mol. The summed E-state index contributed by atoms with van der Waals surface area (Å²) in [6.07, 6.45) is 9.99. The fourth-order valence-electron chi connectivity index (χ4n) is 3.42. The molecule has 2 nitrogen and oxygen atoms in total. The van der Waals surface area contributed by atoms with Gasteiger partial charge in [-0.3, -0.25) is 0 Å². The molecule has 24 heavy (non-hydrogen) atoms. The normalized spacial score (nSPS) is 13.2. The Labute approximate surface area is 149 Å². The van der Waals surface area contributed by atoms with Crippen molar-refractivity contribution in [2.45, 2.75) is 84.8 Å². The molecular formula is C22H38O2. The minimum Gasteiger partial charge on any atom is -0.350 e. The van der Waals surface area contributed by atoms with Crippen molar-refractivity contribution < 1.29 is 9.47 Å². The van der Waals surface area contributed by atoms with E-state index in [-0.39, 0.29) is 0 Å². The molecule has 1 rings (SSSR count). The van der Waals surface area contributed by atoms with Crippen LogP contribution < -0.4 is 0 Å². The van der Waals surface area contributed by atoms with Crippen LogP contribution in [0.1, 0.15) is 78.2 Å². The summed E-state index contributed by atoms with van der Waals surface area (Å²) in [5.41, 5.74) is 1.29. The van der Waals surface area contributed by atoms with E-state index < -0.39 is 5.79 Å². The predicted molar refractivity (Wildman–Crippen MR) is 103 cm³/mol. The zero-order valence-electron chi connectivity index (χ0n) is 16.4. The highest BCUT2D eigenvalue weighted by Crippen LogP contribution is 2.32. The number of hydrogen-bond acceptors (Lipinski definition) is 2. The van der Waals surface area contributed by atoms with Gasteiger partial charge in [-0.1, -0.05) is 82.7 Å². The number of ether oxygens (including phenoxy) is 2. The average Bonchev–Trinajstić information content (AvgIpc) is 2.59. The van der Waals surface area contributed by atoms with Crippen LogP contribution >= 0.6 is 0 Å². The molecule has 1 aromatic rings. The lowest BCUT2D eigenvalue weighted by Crippen LogP contribution is -2.45. The number of benzene rings is 1. The Morgan fingerprint density at radius 1 is 0.833 bits per heavy atom. The molecular weight excluding hydrogens is 296 g/mol. The first kappa shape index (κ1) is 21.2. The lowest BCUT2D eigenvalue weighted by atomic mass is 9.88. The van der Waals surface area contributed by atoms with Crippen LogP contribution in [0.5, 0.6) is 0 Å². The maximum Gasteiger partial charge on any atom is 0.174 e. The molecule has 0 saturated carbocycles. The predicted octanol–water partition coefficient (Wildman–Crippen LogP) is 6.39. The molecule has 0 N–H and O–H groups in total. The first-order chi connectivity index (χ1) is 11.7. The molecule has 0 fully saturated rings. The first-order valence-corrected chi connectivity index (χ1v) is 10.00. The van der Waals surface area contributed by atoms with E-state index in [1.54, 1.807) is 0 Å². The van der Waals surface area contributed by atoms with Crippen LogP contribution in [0.3, 0.4) is 0 Å². The topological polar surface area (TPSA) is 18.5 Å². The van der Waals surface area contributed by atoms with Crippen molar-refractivity contribution in [3.05, 3.63) is 35.9 Å². The summed E-state index contributed by atoms with van der Waals surface area (Å²) in [5.74, 6) is -0.0994. The van der Waals surface area contributed by atoms with Gasteiger partial charge in [0.2, 0.25) is 0 Å². The molecule has 0 bridgehead atoms. The Hall–Kier alpha value is -0.860.